The van der Waals surface area contributed by atoms with Gasteiger partial charge in [0, 0.05) is 5.69 Å². The quantitative estimate of drug-likeness (QED) is 0.833. The molecule has 5 nitrogen and oxygen atoms in total. The summed E-state index contributed by atoms with van der Waals surface area (Å²) < 4.78 is 5.94. The number of H-pyrrole nitrogens is 1. The monoisotopic (exact) mass is 266 g/mol. The van der Waals surface area contributed by atoms with Gasteiger partial charge in [-0.05, 0) is 39.0 Å². The first-order valence-electron chi connectivity index (χ1n) is 5.46. The molecule has 1 aromatic heterocycles. The zero-order chi connectivity index (χ0) is 13.3. The number of fused-ring (bicyclic) bond motifs is 1. The van der Waals surface area contributed by atoms with E-state index in [-0.39, 0.29) is 4.87 Å². The van der Waals surface area contributed by atoms with Gasteiger partial charge in [-0.15, -0.1) is 0 Å². The van der Waals surface area contributed by atoms with Crippen LogP contribution in [-0.4, -0.2) is 16.7 Å². The van der Waals surface area contributed by atoms with Crippen molar-refractivity contribution in [2.75, 3.05) is 5.32 Å². The minimum absolute atomic E-state index is 0.112. The van der Waals surface area contributed by atoms with Crippen LogP contribution in [0.4, 0.5) is 10.5 Å². The Morgan fingerprint density at radius 3 is 2.78 bits per heavy atom. The van der Waals surface area contributed by atoms with Gasteiger partial charge in [-0.2, -0.15) is 0 Å². The van der Waals surface area contributed by atoms with Gasteiger partial charge in [-0.25, -0.2) is 4.79 Å². The topological polar surface area (TPSA) is 71.2 Å². The third kappa shape index (κ3) is 3.10. The molecule has 0 aliphatic carbocycles. The van der Waals surface area contributed by atoms with Gasteiger partial charge in [0.15, 0.2) is 0 Å². The first-order valence-corrected chi connectivity index (χ1v) is 6.28. The second-order valence-electron chi connectivity index (χ2n) is 4.85. The second kappa shape index (κ2) is 4.45. The molecule has 0 saturated carbocycles. The summed E-state index contributed by atoms with van der Waals surface area (Å²) in [7, 11) is 0. The highest BCUT2D eigenvalue weighted by molar-refractivity contribution is 7.16. The van der Waals surface area contributed by atoms with E-state index in [0.717, 1.165) is 21.6 Å². The Bertz CT molecular complexity index is 637. The van der Waals surface area contributed by atoms with E-state index in [4.69, 9.17) is 4.74 Å². The van der Waals surface area contributed by atoms with Gasteiger partial charge < -0.3 is 9.72 Å². The molecule has 2 rings (SSSR count). The smallest absolute Gasteiger partial charge is 0.412 e. The Kier molecular flexibility index (Phi) is 3.13. The molecule has 0 fully saturated rings. The molecule has 1 heterocycles. The van der Waals surface area contributed by atoms with Crippen molar-refractivity contribution in [3.63, 3.8) is 0 Å². The molecule has 2 N–H and O–H groups in total. The number of hydrogen-bond acceptors (Lipinski definition) is 4. The van der Waals surface area contributed by atoms with Gasteiger partial charge in [-0.1, -0.05) is 11.3 Å². The van der Waals surface area contributed by atoms with Crippen LogP contribution >= 0.6 is 11.3 Å². The van der Waals surface area contributed by atoms with Gasteiger partial charge in [0.2, 0.25) is 0 Å². The zero-order valence-electron chi connectivity index (χ0n) is 10.4. The van der Waals surface area contributed by atoms with Crippen LogP contribution in [0.25, 0.3) is 10.2 Å². The maximum Gasteiger partial charge on any atom is 0.412 e. The summed E-state index contributed by atoms with van der Waals surface area (Å²) in [6.45, 7) is 5.40. The van der Waals surface area contributed by atoms with Crippen LogP contribution in [0.15, 0.2) is 23.0 Å². The van der Waals surface area contributed by atoms with E-state index >= 15 is 0 Å². The summed E-state index contributed by atoms with van der Waals surface area (Å²) in [5.41, 5.74) is 0.833. The number of amides is 1. The molecule has 0 unspecified atom stereocenters. The molecule has 6 heteroatoms. The van der Waals surface area contributed by atoms with Crippen molar-refractivity contribution in [3.05, 3.63) is 27.9 Å². The minimum Gasteiger partial charge on any atom is -0.444 e. The van der Waals surface area contributed by atoms with Crippen LogP contribution in [0.3, 0.4) is 0 Å². The molecule has 0 spiro atoms. The Morgan fingerprint density at radius 1 is 1.39 bits per heavy atom. The standard InChI is InChI=1S/C12H14N2O3S/c1-12(2,3)17-10(15)13-7-4-5-8-9(6-7)18-11(16)14-8/h4-6H,1-3H3,(H,13,15)(H,14,16). The molecule has 0 aliphatic rings. The summed E-state index contributed by atoms with van der Waals surface area (Å²) in [5.74, 6) is 0. The zero-order valence-corrected chi connectivity index (χ0v) is 11.2. The Morgan fingerprint density at radius 2 is 2.11 bits per heavy atom. The van der Waals surface area contributed by atoms with Crippen molar-refractivity contribution in [2.24, 2.45) is 0 Å². The maximum absolute atomic E-state index is 11.6. The minimum atomic E-state index is -0.535. The van der Waals surface area contributed by atoms with Crippen LogP contribution in [0, 0.1) is 0 Å². The molecular weight excluding hydrogens is 252 g/mol. The summed E-state index contributed by atoms with van der Waals surface area (Å²) in [4.78, 5) is 25.3. The number of benzene rings is 1. The Labute approximate surface area is 108 Å². The molecular formula is C12H14N2O3S. The Hall–Kier alpha value is -1.82. The summed E-state index contributed by atoms with van der Waals surface area (Å²) in [6.07, 6.45) is -0.510. The van der Waals surface area contributed by atoms with Crippen LogP contribution in [0.2, 0.25) is 0 Å². The third-order valence-electron chi connectivity index (χ3n) is 2.07. The van der Waals surface area contributed by atoms with E-state index in [1.807, 2.05) is 0 Å². The number of anilines is 1. The number of aromatic amines is 1. The molecule has 0 bridgehead atoms. The molecule has 0 aliphatic heterocycles. The normalized spacial score (nSPS) is 11.5. The number of ether oxygens (including phenoxy) is 1. The number of aromatic nitrogens is 1. The number of carbonyl (C=O) groups excluding carboxylic acids is 1. The molecule has 1 aromatic carbocycles. The molecule has 0 saturated heterocycles. The van der Waals surface area contributed by atoms with Crippen molar-refractivity contribution in [3.8, 4) is 0 Å². The van der Waals surface area contributed by atoms with Crippen molar-refractivity contribution >= 4 is 33.3 Å². The number of rotatable bonds is 1. The third-order valence-corrected chi connectivity index (χ3v) is 2.91. The van der Waals surface area contributed by atoms with Crippen LogP contribution < -0.4 is 10.2 Å². The summed E-state index contributed by atoms with van der Waals surface area (Å²) in [6, 6.07) is 5.21. The van der Waals surface area contributed by atoms with Crippen molar-refractivity contribution in [2.45, 2.75) is 26.4 Å². The van der Waals surface area contributed by atoms with Gasteiger partial charge >= 0.3 is 11.0 Å². The fourth-order valence-corrected chi connectivity index (χ4v) is 2.22. The molecule has 0 atom stereocenters. The lowest BCUT2D eigenvalue weighted by Gasteiger charge is -2.19. The van der Waals surface area contributed by atoms with E-state index < -0.39 is 11.7 Å². The largest absolute Gasteiger partial charge is 0.444 e. The summed E-state index contributed by atoms with van der Waals surface area (Å²) in [5, 5.41) is 2.63. The lowest BCUT2D eigenvalue weighted by molar-refractivity contribution is 0.0636. The number of thiazole rings is 1. The Balaban J connectivity index is 2.17. The van der Waals surface area contributed by atoms with Crippen molar-refractivity contribution in [1.82, 2.24) is 4.98 Å². The highest BCUT2D eigenvalue weighted by Crippen LogP contribution is 2.20. The maximum atomic E-state index is 11.6. The number of nitrogens with one attached hydrogen (secondary N) is 2. The number of carbonyl (C=O) groups is 1. The van der Waals surface area contributed by atoms with Crippen LogP contribution in [0.5, 0.6) is 0 Å². The highest BCUT2D eigenvalue weighted by Gasteiger charge is 2.16. The fourth-order valence-electron chi connectivity index (χ4n) is 1.44. The lowest BCUT2D eigenvalue weighted by atomic mass is 10.2. The predicted octanol–water partition coefficient (Wildman–Crippen LogP) is 2.94. The van der Waals surface area contributed by atoms with E-state index in [9.17, 15) is 9.59 Å². The van der Waals surface area contributed by atoms with Gasteiger partial charge in [0.25, 0.3) is 0 Å². The lowest BCUT2D eigenvalue weighted by Crippen LogP contribution is -2.27. The molecule has 96 valence electrons. The first-order chi connectivity index (χ1) is 8.33. The molecule has 0 radical (unpaired) electrons. The van der Waals surface area contributed by atoms with E-state index in [2.05, 4.69) is 10.3 Å². The van der Waals surface area contributed by atoms with Crippen molar-refractivity contribution in [1.29, 1.82) is 0 Å². The van der Waals surface area contributed by atoms with Crippen LogP contribution in [0.1, 0.15) is 20.8 Å². The van der Waals surface area contributed by atoms with E-state index in [1.165, 1.54) is 0 Å². The van der Waals surface area contributed by atoms with Gasteiger partial charge in [0.05, 0.1) is 10.2 Å². The second-order valence-corrected chi connectivity index (χ2v) is 5.87. The first kappa shape index (κ1) is 12.6. The predicted molar refractivity (Wildman–Crippen MR) is 72.3 cm³/mol. The average Bonchev–Trinajstić information content (AvgIpc) is 2.53. The van der Waals surface area contributed by atoms with E-state index in [0.29, 0.717) is 5.69 Å². The molecule has 2 aromatic rings. The average molecular weight is 266 g/mol. The van der Waals surface area contributed by atoms with Gasteiger partial charge in [-0.3, -0.25) is 10.1 Å². The van der Waals surface area contributed by atoms with Crippen LogP contribution in [-0.2, 0) is 4.74 Å². The SMILES string of the molecule is CC(C)(C)OC(=O)Nc1ccc2[nH]c(=O)sc2c1. The molecule has 1 amide bonds. The number of hydrogen-bond donors (Lipinski definition) is 2. The molecule has 18 heavy (non-hydrogen) atoms. The van der Waals surface area contributed by atoms with E-state index in [1.54, 1.807) is 39.0 Å². The van der Waals surface area contributed by atoms with Gasteiger partial charge in [0.1, 0.15) is 5.60 Å². The van der Waals surface area contributed by atoms with Crippen molar-refractivity contribution < 1.29 is 9.53 Å². The summed E-state index contributed by atoms with van der Waals surface area (Å²) >= 11 is 1.10. The highest BCUT2D eigenvalue weighted by atomic mass is 32.1. The fraction of sp³-hybridized carbons (Fsp3) is 0.333.